The zero-order valence-corrected chi connectivity index (χ0v) is 12.6. The van der Waals surface area contributed by atoms with Gasteiger partial charge in [0.2, 0.25) is 0 Å². The Kier molecular flexibility index (Phi) is 8.05. The Morgan fingerprint density at radius 2 is 2.21 bits per heavy atom. The van der Waals surface area contributed by atoms with Crippen molar-refractivity contribution in [2.75, 3.05) is 30.4 Å². The fourth-order valence-corrected chi connectivity index (χ4v) is 2.20. The van der Waals surface area contributed by atoms with Crippen LogP contribution in [-0.4, -0.2) is 36.0 Å². The number of aromatic nitrogens is 1. The lowest BCUT2D eigenvalue weighted by molar-refractivity contribution is 0.0948. The maximum absolute atomic E-state index is 11.9. The molecular formula is C14H23N3OS. The van der Waals surface area contributed by atoms with Crippen LogP contribution in [0, 0.1) is 0 Å². The molecule has 1 aromatic heterocycles. The number of hydrogen-bond donors (Lipinski definition) is 2. The summed E-state index contributed by atoms with van der Waals surface area (Å²) in [6.45, 7) is 3.58. The van der Waals surface area contributed by atoms with Crippen LogP contribution in [0.15, 0.2) is 18.3 Å². The average molecular weight is 281 g/mol. The summed E-state index contributed by atoms with van der Waals surface area (Å²) in [4.78, 5) is 16.0. The Morgan fingerprint density at radius 3 is 2.95 bits per heavy atom. The molecule has 0 aliphatic carbocycles. The molecule has 0 atom stereocenters. The lowest BCUT2D eigenvalue weighted by atomic mass is 10.2. The Bertz CT molecular complexity index is 385. The lowest BCUT2D eigenvalue weighted by Crippen LogP contribution is -2.25. The van der Waals surface area contributed by atoms with E-state index in [9.17, 15) is 4.79 Å². The van der Waals surface area contributed by atoms with Gasteiger partial charge in [-0.1, -0.05) is 6.42 Å². The average Bonchev–Trinajstić information content (AvgIpc) is 2.43. The summed E-state index contributed by atoms with van der Waals surface area (Å²) in [6, 6.07) is 3.65. The highest BCUT2D eigenvalue weighted by molar-refractivity contribution is 7.98. The Balaban J connectivity index is 2.30. The van der Waals surface area contributed by atoms with E-state index >= 15 is 0 Å². The predicted molar refractivity (Wildman–Crippen MR) is 83.0 cm³/mol. The third kappa shape index (κ3) is 6.47. The normalized spacial score (nSPS) is 10.2. The van der Waals surface area contributed by atoms with Gasteiger partial charge >= 0.3 is 0 Å². The van der Waals surface area contributed by atoms with E-state index in [0.29, 0.717) is 5.69 Å². The second kappa shape index (κ2) is 9.67. The number of unbranched alkanes of at least 4 members (excludes halogenated alkanes) is 2. The van der Waals surface area contributed by atoms with Crippen LogP contribution in [0.1, 0.15) is 36.7 Å². The Hall–Kier alpha value is -1.23. The molecule has 1 amide bonds. The number of pyridine rings is 1. The first-order chi connectivity index (χ1) is 9.27. The van der Waals surface area contributed by atoms with Gasteiger partial charge in [-0.15, -0.1) is 0 Å². The molecule has 4 nitrogen and oxygen atoms in total. The molecule has 0 spiro atoms. The van der Waals surface area contributed by atoms with Gasteiger partial charge in [-0.2, -0.15) is 11.8 Å². The highest BCUT2D eigenvalue weighted by Gasteiger charge is 2.06. The van der Waals surface area contributed by atoms with Crippen LogP contribution in [0.5, 0.6) is 0 Å². The van der Waals surface area contributed by atoms with Gasteiger partial charge < -0.3 is 10.6 Å². The monoisotopic (exact) mass is 281 g/mol. The van der Waals surface area contributed by atoms with E-state index in [0.717, 1.165) is 31.6 Å². The minimum atomic E-state index is -0.0929. The van der Waals surface area contributed by atoms with E-state index < -0.39 is 0 Å². The number of rotatable bonds is 9. The molecule has 19 heavy (non-hydrogen) atoms. The van der Waals surface area contributed by atoms with E-state index in [1.165, 1.54) is 12.2 Å². The summed E-state index contributed by atoms with van der Waals surface area (Å²) >= 11 is 1.86. The van der Waals surface area contributed by atoms with Crippen LogP contribution in [0.2, 0.25) is 0 Å². The predicted octanol–water partition coefficient (Wildman–Crippen LogP) is 2.78. The molecule has 0 aliphatic heterocycles. The summed E-state index contributed by atoms with van der Waals surface area (Å²) in [6.07, 6.45) is 7.17. The van der Waals surface area contributed by atoms with Crippen molar-refractivity contribution in [3.63, 3.8) is 0 Å². The maximum atomic E-state index is 11.9. The van der Waals surface area contributed by atoms with Crippen LogP contribution < -0.4 is 10.6 Å². The van der Waals surface area contributed by atoms with Crippen molar-refractivity contribution in [1.29, 1.82) is 0 Å². The van der Waals surface area contributed by atoms with Crippen molar-refractivity contribution >= 4 is 23.4 Å². The van der Waals surface area contributed by atoms with Crippen molar-refractivity contribution in [3.05, 3.63) is 24.0 Å². The van der Waals surface area contributed by atoms with E-state index in [1.54, 1.807) is 12.3 Å². The molecule has 5 heteroatoms. The van der Waals surface area contributed by atoms with Crippen LogP contribution >= 0.6 is 11.8 Å². The Labute approximate surface area is 119 Å². The molecule has 1 aromatic rings. The van der Waals surface area contributed by atoms with Gasteiger partial charge in [-0.25, -0.2) is 0 Å². The fourth-order valence-electron chi connectivity index (χ4n) is 1.71. The van der Waals surface area contributed by atoms with Crippen LogP contribution in [-0.2, 0) is 0 Å². The molecule has 0 aromatic carbocycles. The van der Waals surface area contributed by atoms with Gasteiger partial charge in [-0.05, 0) is 43.9 Å². The third-order valence-corrected chi connectivity index (χ3v) is 3.38. The first kappa shape index (κ1) is 15.8. The number of amides is 1. The summed E-state index contributed by atoms with van der Waals surface area (Å²) in [5, 5.41) is 6.08. The minimum Gasteiger partial charge on any atom is -0.385 e. The number of carbonyl (C=O) groups excluding carboxylic acids is 1. The largest absolute Gasteiger partial charge is 0.385 e. The first-order valence-corrected chi connectivity index (χ1v) is 8.14. The van der Waals surface area contributed by atoms with E-state index in [2.05, 4.69) is 21.9 Å². The molecule has 106 valence electrons. The minimum absolute atomic E-state index is 0.0929. The Morgan fingerprint density at radius 1 is 1.37 bits per heavy atom. The molecule has 0 unspecified atom stereocenters. The summed E-state index contributed by atoms with van der Waals surface area (Å²) in [5.41, 5.74) is 1.41. The number of nitrogens with one attached hydrogen (secondary N) is 2. The molecule has 0 radical (unpaired) electrons. The molecule has 0 saturated heterocycles. The second-order valence-electron chi connectivity index (χ2n) is 4.27. The highest BCUT2D eigenvalue weighted by atomic mass is 32.2. The van der Waals surface area contributed by atoms with Crippen molar-refractivity contribution < 1.29 is 4.79 Å². The molecule has 0 saturated carbocycles. The van der Waals surface area contributed by atoms with E-state index in [-0.39, 0.29) is 5.91 Å². The number of hydrogen-bond acceptors (Lipinski definition) is 4. The molecular weight excluding hydrogens is 258 g/mol. The van der Waals surface area contributed by atoms with Crippen molar-refractivity contribution in [1.82, 2.24) is 10.3 Å². The van der Waals surface area contributed by atoms with Crippen LogP contribution in [0.3, 0.4) is 0 Å². The maximum Gasteiger partial charge on any atom is 0.269 e. The molecule has 2 N–H and O–H groups in total. The topological polar surface area (TPSA) is 54.0 Å². The lowest BCUT2D eigenvalue weighted by Gasteiger charge is -2.07. The summed E-state index contributed by atoms with van der Waals surface area (Å²) < 4.78 is 0. The molecule has 1 rings (SSSR count). The van der Waals surface area contributed by atoms with E-state index in [4.69, 9.17) is 0 Å². The number of nitrogens with zero attached hydrogens (tertiary/aromatic N) is 1. The summed E-state index contributed by atoms with van der Waals surface area (Å²) in [7, 11) is 0. The number of carbonyl (C=O) groups is 1. The molecule has 0 fully saturated rings. The molecule has 1 heterocycles. The van der Waals surface area contributed by atoms with Gasteiger partial charge in [0.25, 0.3) is 5.91 Å². The number of thioether (sulfide) groups is 1. The SMILES string of the molecule is CCNc1ccnc(C(=O)NCCCCCSC)c1. The first-order valence-electron chi connectivity index (χ1n) is 6.75. The van der Waals surface area contributed by atoms with Gasteiger partial charge in [0.05, 0.1) is 0 Å². The fraction of sp³-hybridized carbons (Fsp3) is 0.571. The van der Waals surface area contributed by atoms with Crippen molar-refractivity contribution in [2.45, 2.75) is 26.2 Å². The summed E-state index contributed by atoms with van der Waals surface area (Å²) in [5.74, 6) is 1.10. The van der Waals surface area contributed by atoms with Crippen molar-refractivity contribution in [2.24, 2.45) is 0 Å². The van der Waals surface area contributed by atoms with Crippen molar-refractivity contribution in [3.8, 4) is 0 Å². The molecule has 0 bridgehead atoms. The van der Waals surface area contributed by atoms with Crippen LogP contribution in [0.25, 0.3) is 0 Å². The van der Waals surface area contributed by atoms with Crippen LogP contribution in [0.4, 0.5) is 5.69 Å². The highest BCUT2D eigenvalue weighted by Crippen LogP contribution is 2.07. The van der Waals surface area contributed by atoms with Gasteiger partial charge in [0.15, 0.2) is 0 Å². The smallest absolute Gasteiger partial charge is 0.269 e. The third-order valence-electron chi connectivity index (χ3n) is 2.68. The van der Waals surface area contributed by atoms with Gasteiger partial charge in [0, 0.05) is 25.0 Å². The molecule has 0 aliphatic rings. The van der Waals surface area contributed by atoms with E-state index in [1.807, 2.05) is 24.8 Å². The zero-order chi connectivity index (χ0) is 13.9. The zero-order valence-electron chi connectivity index (χ0n) is 11.7. The second-order valence-corrected chi connectivity index (χ2v) is 5.26. The van der Waals surface area contributed by atoms with Gasteiger partial charge in [-0.3, -0.25) is 9.78 Å². The standard InChI is InChI=1S/C14H23N3OS/c1-3-15-12-7-9-16-13(11-12)14(18)17-8-5-4-6-10-19-2/h7,9,11H,3-6,8,10H2,1-2H3,(H,15,16)(H,17,18). The number of anilines is 1. The van der Waals surface area contributed by atoms with Gasteiger partial charge in [0.1, 0.15) is 5.69 Å². The quantitative estimate of drug-likeness (QED) is 0.683.